The van der Waals surface area contributed by atoms with E-state index >= 15 is 0 Å². The molecule has 1 aliphatic rings. The summed E-state index contributed by atoms with van der Waals surface area (Å²) in [5.74, 6) is 2.07. The standard InChI is InChI=1S/C16H22N4O2/c1-13-18-16(19-22-13)14-3-5-15(6-4-14)21-12-2-9-20-10-7-17-8-11-20/h3-6,17H,2,7-12H2,1H3. The van der Waals surface area contributed by atoms with Crippen LogP contribution in [0.5, 0.6) is 5.75 Å². The van der Waals surface area contributed by atoms with E-state index < -0.39 is 0 Å². The zero-order valence-corrected chi connectivity index (χ0v) is 12.9. The Bertz CT molecular complexity index is 576. The summed E-state index contributed by atoms with van der Waals surface area (Å²) in [5.41, 5.74) is 0.935. The summed E-state index contributed by atoms with van der Waals surface area (Å²) in [4.78, 5) is 6.68. The average Bonchev–Trinajstić information content (AvgIpc) is 3.00. The van der Waals surface area contributed by atoms with E-state index in [0.29, 0.717) is 11.7 Å². The van der Waals surface area contributed by atoms with E-state index in [4.69, 9.17) is 9.26 Å². The number of benzene rings is 1. The SMILES string of the molecule is Cc1nc(-c2ccc(OCCCN3CCNCC3)cc2)no1. The highest BCUT2D eigenvalue weighted by Crippen LogP contribution is 2.19. The fraction of sp³-hybridized carbons (Fsp3) is 0.500. The summed E-state index contributed by atoms with van der Waals surface area (Å²) in [6.45, 7) is 8.09. The fourth-order valence-corrected chi connectivity index (χ4v) is 2.53. The number of hydrogen-bond acceptors (Lipinski definition) is 6. The molecular weight excluding hydrogens is 280 g/mol. The molecule has 118 valence electrons. The largest absolute Gasteiger partial charge is 0.494 e. The molecule has 22 heavy (non-hydrogen) atoms. The van der Waals surface area contributed by atoms with Gasteiger partial charge in [-0.3, -0.25) is 0 Å². The molecule has 0 unspecified atom stereocenters. The molecule has 2 heterocycles. The van der Waals surface area contributed by atoms with Crippen LogP contribution in [0.15, 0.2) is 28.8 Å². The number of nitrogens with one attached hydrogen (secondary N) is 1. The van der Waals surface area contributed by atoms with Crippen LogP contribution >= 0.6 is 0 Å². The maximum Gasteiger partial charge on any atom is 0.223 e. The summed E-state index contributed by atoms with van der Waals surface area (Å²) in [5, 5.41) is 7.27. The Morgan fingerprint density at radius 3 is 2.68 bits per heavy atom. The zero-order chi connectivity index (χ0) is 15.2. The van der Waals surface area contributed by atoms with Gasteiger partial charge in [0.25, 0.3) is 0 Å². The maximum absolute atomic E-state index is 5.79. The Morgan fingerprint density at radius 1 is 1.23 bits per heavy atom. The predicted molar refractivity (Wildman–Crippen MR) is 83.9 cm³/mol. The second-order valence-electron chi connectivity index (χ2n) is 5.46. The van der Waals surface area contributed by atoms with Crippen LogP contribution in [-0.4, -0.2) is 54.4 Å². The minimum absolute atomic E-state index is 0.572. The van der Waals surface area contributed by atoms with Gasteiger partial charge in [-0.15, -0.1) is 0 Å². The number of rotatable bonds is 6. The molecule has 1 aliphatic heterocycles. The van der Waals surface area contributed by atoms with Crippen LogP contribution < -0.4 is 10.1 Å². The van der Waals surface area contributed by atoms with Crippen molar-refractivity contribution < 1.29 is 9.26 Å². The average molecular weight is 302 g/mol. The number of hydrogen-bond donors (Lipinski definition) is 1. The first kappa shape index (κ1) is 15.0. The molecule has 0 aliphatic carbocycles. The monoisotopic (exact) mass is 302 g/mol. The molecule has 1 aromatic heterocycles. The molecule has 0 radical (unpaired) electrons. The predicted octanol–water partition coefficient (Wildman–Crippen LogP) is 1.72. The molecule has 1 fully saturated rings. The second kappa shape index (κ2) is 7.38. The van der Waals surface area contributed by atoms with Gasteiger partial charge in [0.05, 0.1) is 6.61 Å². The van der Waals surface area contributed by atoms with Crippen molar-refractivity contribution in [1.29, 1.82) is 0 Å². The summed E-state index contributed by atoms with van der Waals surface area (Å²) < 4.78 is 10.8. The van der Waals surface area contributed by atoms with Gasteiger partial charge < -0.3 is 19.5 Å². The van der Waals surface area contributed by atoms with Crippen LogP contribution in [0.1, 0.15) is 12.3 Å². The summed E-state index contributed by atoms with van der Waals surface area (Å²) in [6.07, 6.45) is 1.05. The fourth-order valence-electron chi connectivity index (χ4n) is 2.53. The molecule has 6 heteroatoms. The first-order valence-corrected chi connectivity index (χ1v) is 7.78. The number of aromatic nitrogens is 2. The first-order valence-electron chi connectivity index (χ1n) is 7.78. The maximum atomic E-state index is 5.79. The van der Waals surface area contributed by atoms with Crippen molar-refractivity contribution in [2.24, 2.45) is 0 Å². The lowest BCUT2D eigenvalue weighted by Crippen LogP contribution is -2.43. The number of aryl methyl sites for hydroxylation is 1. The second-order valence-corrected chi connectivity index (χ2v) is 5.46. The molecule has 6 nitrogen and oxygen atoms in total. The van der Waals surface area contributed by atoms with Crippen LogP contribution in [0.4, 0.5) is 0 Å². The first-order chi connectivity index (χ1) is 10.8. The Hall–Kier alpha value is -1.92. The molecular formula is C16H22N4O2. The highest BCUT2D eigenvalue weighted by molar-refractivity contribution is 5.55. The van der Waals surface area contributed by atoms with Crippen LogP contribution in [0.25, 0.3) is 11.4 Å². The van der Waals surface area contributed by atoms with E-state index in [2.05, 4.69) is 20.4 Å². The lowest BCUT2D eigenvalue weighted by atomic mass is 10.2. The van der Waals surface area contributed by atoms with Crippen LogP contribution in [0.3, 0.4) is 0 Å². The summed E-state index contributed by atoms with van der Waals surface area (Å²) in [7, 11) is 0. The van der Waals surface area contributed by atoms with Gasteiger partial charge in [0.2, 0.25) is 11.7 Å². The van der Waals surface area contributed by atoms with E-state index in [1.54, 1.807) is 6.92 Å². The molecule has 0 saturated carbocycles. The lowest BCUT2D eigenvalue weighted by Gasteiger charge is -2.26. The molecule has 0 spiro atoms. The molecule has 0 bridgehead atoms. The van der Waals surface area contributed by atoms with E-state index in [9.17, 15) is 0 Å². The molecule has 0 amide bonds. The zero-order valence-electron chi connectivity index (χ0n) is 12.9. The number of ether oxygens (including phenoxy) is 1. The van der Waals surface area contributed by atoms with Gasteiger partial charge in [0.15, 0.2) is 0 Å². The molecule has 3 rings (SSSR count). The van der Waals surface area contributed by atoms with E-state index in [1.807, 2.05) is 24.3 Å². The van der Waals surface area contributed by atoms with Crippen molar-refractivity contribution >= 4 is 0 Å². The van der Waals surface area contributed by atoms with Crippen LogP contribution in [-0.2, 0) is 0 Å². The number of piperazine rings is 1. The third kappa shape index (κ3) is 4.05. The summed E-state index contributed by atoms with van der Waals surface area (Å²) in [6, 6.07) is 7.81. The van der Waals surface area contributed by atoms with E-state index in [1.165, 1.54) is 0 Å². The van der Waals surface area contributed by atoms with Crippen molar-refractivity contribution in [3.05, 3.63) is 30.2 Å². The topological polar surface area (TPSA) is 63.4 Å². The third-order valence-electron chi connectivity index (χ3n) is 3.74. The van der Waals surface area contributed by atoms with Crippen molar-refractivity contribution in [1.82, 2.24) is 20.4 Å². The molecule has 1 N–H and O–H groups in total. The van der Waals surface area contributed by atoms with Gasteiger partial charge in [-0.25, -0.2) is 0 Å². The van der Waals surface area contributed by atoms with E-state index in [0.717, 1.165) is 57.1 Å². The van der Waals surface area contributed by atoms with Crippen molar-refractivity contribution in [3.8, 4) is 17.1 Å². The quantitative estimate of drug-likeness (QED) is 0.820. The third-order valence-corrected chi connectivity index (χ3v) is 3.74. The number of nitrogens with zero attached hydrogens (tertiary/aromatic N) is 3. The van der Waals surface area contributed by atoms with Gasteiger partial charge in [-0.05, 0) is 30.7 Å². The van der Waals surface area contributed by atoms with Crippen molar-refractivity contribution in [2.75, 3.05) is 39.3 Å². The van der Waals surface area contributed by atoms with Gasteiger partial charge in [-0.2, -0.15) is 4.98 Å². The minimum atomic E-state index is 0.572. The van der Waals surface area contributed by atoms with E-state index in [-0.39, 0.29) is 0 Å². The molecule has 1 aromatic carbocycles. The van der Waals surface area contributed by atoms with Crippen molar-refractivity contribution in [2.45, 2.75) is 13.3 Å². The van der Waals surface area contributed by atoms with Gasteiger partial charge in [0, 0.05) is 45.2 Å². The van der Waals surface area contributed by atoms with Crippen molar-refractivity contribution in [3.63, 3.8) is 0 Å². The van der Waals surface area contributed by atoms with Crippen LogP contribution in [0.2, 0.25) is 0 Å². The normalized spacial score (nSPS) is 15.9. The Kier molecular flexibility index (Phi) is 5.03. The molecule has 0 atom stereocenters. The van der Waals surface area contributed by atoms with Gasteiger partial charge in [-0.1, -0.05) is 5.16 Å². The van der Waals surface area contributed by atoms with Crippen LogP contribution in [0, 0.1) is 6.92 Å². The van der Waals surface area contributed by atoms with Gasteiger partial charge in [0.1, 0.15) is 5.75 Å². The highest BCUT2D eigenvalue weighted by atomic mass is 16.5. The highest BCUT2D eigenvalue weighted by Gasteiger charge is 2.09. The lowest BCUT2D eigenvalue weighted by molar-refractivity contribution is 0.214. The summed E-state index contributed by atoms with van der Waals surface area (Å²) >= 11 is 0. The molecule has 2 aromatic rings. The smallest absolute Gasteiger partial charge is 0.223 e. The minimum Gasteiger partial charge on any atom is -0.494 e. The Morgan fingerprint density at radius 2 is 2.00 bits per heavy atom. The Labute approximate surface area is 130 Å². The Balaban J connectivity index is 1.43. The molecule has 1 saturated heterocycles. The van der Waals surface area contributed by atoms with Gasteiger partial charge >= 0.3 is 0 Å².